The number of sulfone groups is 1. The zero-order valence-corrected chi connectivity index (χ0v) is 14.3. The Morgan fingerprint density at radius 2 is 1.96 bits per heavy atom. The molecule has 1 heterocycles. The number of benzene rings is 1. The summed E-state index contributed by atoms with van der Waals surface area (Å²) in [6, 6.07) is 3.32. The summed E-state index contributed by atoms with van der Waals surface area (Å²) in [6.45, 7) is 3.41. The molecular formula is C15H18N2O6S. The summed E-state index contributed by atoms with van der Waals surface area (Å²) in [6.07, 6.45) is 1.01. The first-order valence-corrected chi connectivity index (χ1v) is 8.66. The maximum Gasteiger partial charge on any atom is 0.357 e. The Labute approximate surface area is 139 Å². The molecule has 0 unspecified atom stereocenters. The van der Waals surface area contributed by atoms with Gasteiger partial charge in [0.1, 0.15) is 17.9 Å². The summed E-state index contributed by atoms with van der Waals surface area (Å²) in [5.74, 6) is -0.836. The molecule has 0 aliphatic carbocycles. The molecule has 1 aromatic heterocycles. The van der Waals surface area contributed by atoms with Crippen molar-refractivity contribution in [1.29, 1.82) is 0 Å². The molecule has 1 aromatic carbocycles. The van der Waals surface area contributed by atoms with Crippen LogP contribution in [0.3, 0.4) is 0 Å². The minimum absolute atomic E-state index is 0.000754. The van der Waals surface area contributed by atoms with Crippen LogP contribution in [0.5, 0.6) is 5.75 Å². The predicted molar refractivity (Wildman–Crippen MR) is 84.8 cm³/mol. The van der Waals surface area contributed by atoms with Crippen LogP contribution >= 0.6 is 0 Å². The molecule has 0 aliphatic heterocycles. The average Bonchev–Trinajstić information content (AvgIpc) is 2.95. The van der Waals surface area contributed by atoms with Crippen molar-refractivity contribution in [3.05, 3.63) is 41.1 Å². The summed E-state index contributed by atoms with van der Waals surface area (Å²) >= 11 is 0. The fraction of sp³-hybridized carbons (Fsp3) is 0.333. The van der Waals surface area contributed by atoms with Gasteiger partial charge in [-0.15, -0.1) is 0 Å². The van der Waals surface area contributed by atoms with E-state index < -0.39 is 15.8 Å². The number of carboxylic acids is 1. The van der Waals surface area contributed by atoms with Crippen molar-refractivity contribution in [2.24, 2.45) is 0 Å². The van der Waals surface area contributed by atoms with Gasteiger partial charge in [-0.25, -0.2) is 18.2 Å². The molecule has 0 spiro atoms. The second-order valence-electron chi connectivity index (χ2n) is 5.21. The van der Waals surface area contributed by atoms with E-state index in [9.17, 15) is 13.2 Å². The van der Waals surface area contributed by atoms with E-state index in [1.165, 1.54) is 7.11 Å². The summed E-state index contributed by atoms with van der Waals surface area (Å²) in [7, 11) is -2.06. The van der Waals surface area contributed by atoms with Gasteiger partial charge in [-0.1, -0.05) is 0 Å². The molecule has 0 atom stereocenters. The van der Waals surface area contributed by atoms with Crippen LogP contribution < -0.4 is 10.1 Å². The zero-order chi connectivity index (χ0) is 17.9. The zero-order valence-electron chi connectivity index (χ0n) is 13.5. The number of rotatable bonds is 7. The van der Waals surface area contributed by atoms with Crippen LogP contribution in [0.2, 0.25) is 0 Å². The highest BCUT2D eigenvalue weighted by Crippen LogP contribution is 2.26. The van der Waals surface area contributed by atoms with Crippen LogP contribution in [0, 0.1) is 13.8 Å². The van der Waals surface area contributed by atoms with Crippen LogP contribution in [0.25, 0.3) is 0 Å². The van der Waals surface area contributed by atoms with Gasteiger partial charge in [0.15, 0.2) is 15.5 Å². The van der Waals surface area contributed by atoms with Crippen LogP contribution in [0.4, 0.5) is 0 Å². The third-order valence-corrected chi connectivity index (χ3v) is 5.17. The van der Waals surface area contributed by atoms with E-state index in [-0.39, 0.29) is 28.9 Å². The molecule has 0 radical (unpaired) electrons. The Morgan fingerprint density at radius 1 is 1.33 bits per heavy atom. The molecule has 2 N–H and O–H groups in total. The predicted octanol–water partition coefficient (Wildman–Crippen LogP) is 1.52. The monoisotopic (exact) mass is 354 g/mol. The number of aromatic nitrogens is 1. The Balaban J connectivity index is 2.10. The Kier molecular flexibility index (Phi) is 5.25. The van der Waals surface area contributed by atoms with Gasteiger partial charge in [0.05, 0.1) is 18.6 Å². The second kappa shape index (κ2) is 7.02. The van der Waals surface area contributed by atoms with E-state index >= 15 is 0 Å². The molecule has 0 amide bonds. The van der Waals surface area contributed by atoms with Gasteiger partial charge in [-0.3, -0.25) is 5.32 Å². The van der Waals surface area contributed by atoms with Crippen molar-refractivity contribution in [3.8, 4) is 5.75 Å². The third kappa shape index (κ3) is 3.92. The minimum atomic E-state index is -3.58. The van der Waals surface area contributed by atoms with Crippen LogP contribution in [-0.4, -0.2) is 37.5 Å². The van der Waals surface area contributed by atoms with E-state index in [4.69, 9.17) is 14.3 Å². The number of aromatic carboxylic acids is 1. The molecule has 8 nitrogen and oxygen atoms in total. The van der Waals surface area contributed by atoms with E-state index in [0.717, 1.165) is 6.26 Å². The van der Waals surface area contributed by atoms with E-state index in [0.29, 0.717) is 16.9 Å². The number of ether oxygens (including phenoxy) is 1. The maximum absolute atomic E-state index is 12.5. The number of nitrogens with one attached hydrogen (secondary N) is 1. The lowest BCUT2D eigenvalue weighted by Crippen LogP contribution is -2.24. The second-order valence-corrected chi connectivity index (χ2v) is 7.13. The Bertz CT molecular complexity index is 834. The highest BCUT2D eigenvalue weighted by atomic mass is 32.2. The lowest BCUT2D eigenvalue weighted by molar-refractivity contribution is 0.0690. The van der Waals surface area contributed by atoms with Crippen LogP contribution in [-0.2, 0) is 16.4 Å². The van der Waals surface area contributed by atoms with Crippen LogP contribution in [0.15, 0.2) is 27.7 Å². The van der Waals surface area contributed by atoms with Gasteiger partial charge in [0.2, 0.25) is 5.89 Å². The average molecular weight is 354 g/mol. The molecule has 2 aromatic rings. The number of hydrogen-bond donors (Lipinski definition) is 2. The number of aryl methyl sites for hydroxylation is 2. The van der Waals surface area contributed by atoms with Crippen molar-refractivity contribution in [2.75, 3.05) is 13.0 Å². The largest absolute Gasteiger partial charge is 0.497 e. The summed E-state index contributed by atoms with van der Waals surface area (Å²) < 4.78 is 35.1. The number of carbonyl (C=O) groups is 1. The fourth-order valence-electron chi connectivity index (χ4n) is 2.37. The number of hydrogen-bond acceptors (Lipinski definition) is 7. The summed E-state index contributed by atoms with van der Waals surface area (Å²) in [5.41, 5.74) is 0.965. The molecule has 0 bridgehead atoms. The lowest BCUT2D eigenvalue weighted by Gasteiger charge is -2.13. The topological polar surface area (TPSA) is 119 Å². The fourth-order valence-corrected chi connectivity index (χ4v) is 3.99. The quantitative estimate of drug-likeness (QED) is 0.768. The normalized spacial score (nSPS) is 11.5. The Hall–Kier alpha value is -2.39. The number of oxazole rings is 1. The SMILES string of the molecule is COc1cc(C)c(S(=O)(=O)CNCc2nc(C(=O)O)co2)c(C)c1. The molecule has 0 aliphatic rings. The van der Waals surface area contributed by atoms with Crippen molar-refractivity contribution in [2.45, 2.75) is 25.3 Å². The highest BCUT2D eigenvalue weighted by molar-refractivity contribution is 7.91. The highest BCUT2D eigenvalue weighted by Gasteiger charge is 2.21. The van der Waals surface area contributed by atoms with E-state index in [2.05, 4.69) is 10.3 Å². The van der Waals surface area contributed by atoms with Crippen molar-refractivity contribution < 1.29 is 27.5 Å². The maximum atomic E-state index is 12.5. The third-order valence-electron chi connectivity index (χ3n) is 3.32. The molecule has 0 fully saturated rings. The van der Waals surface area contributed by atoms with E-state index in [1.807, 2.05) is 0 Å². The standard InChI is InChI=1S/C15H18N2O6S/c1-9-4-11(22-3)5-10(2)14(9)24(20,21)8-16-6-13-17-12(7-23-13)15(18)19/h4-5,7,16H,6,8H2,1-3H3,(H,18,19). The molecular weight excluding hydrogens is 336 g/mol. The first-order chi connectivity index (χ1) is 11.2. The molecule has 130 valence electrons. The molecule has 0 saturated carbocycles. The first kappa shape index (κ1) is 18.0. The van der Waals surface area contributed by atoms with Gasteiger partial charge < -0.3 is 14.3 Å². The van der Waals surface area contributed by atoms with Crippen molar-refractivity contribution >= 4 is 15.8 Å². The Morgan fingerprint density at radius 3 is 2.46 bits per heavy atom. The van der Waals surface area contributed by atoms with E-state index in [1.54, 1.807) is 26.0 Å². The molecule has 24 heavy (non-hydrogen) atoms. The van der Waals surface area contributed by atoms with Crippen molar-refractivity contribution in [3.63, 3.8) is 0 Å². The summed E-state index contributed by atoms with van der Waals surface area (Å²) in [5, 5.41) is 11.5. The molecule has 2 rings (SSSR count). The van der Waals surface area contributed by atoms with Crippen LogP contribution in [0.1, 0.15) is 27.5 Å². The molecule has 9 heteroatoms. The van der Waals surface area contributed by atoms with Crippen molar-refractivity contribution in [1.82, 2.24) is 10.3 Å². The summed E-state index contributed by atoms with van der Waals surface area (Å²) in [4.78, 5) is 14.7. The smallest absolute Gasteiger partial charge is 0.357 e. The molecule has 0 saturated heterocycles. The van der Waals surface area contributed by atoms with Gasteiger partial charge in [-0.05, 0) is 37.1 Å². The number of methoxy groups -OCH3 is 1. The van der Waals surface area contributed by atoms with Gasteiger partial charge in [0, 0.05) is 0 Å². The lowest BCUT2D eigenvalue weighted by atomic mass is 10.1. The van der Waals surface area contributed by atoms with Gasteiger partial charge in [0.25, 0.3) is 0 Å². The number of nitrogens with zero attached hydrogens (tertiary/aromatic N) is 1. The van der Waals surface area contributed by atoms with Gasteiger partial charge in [-0.2, -0.15) is 0 Å². The first-order valence-electron chi connectivity index (χ1n) is 7.01. The number of carboxylic acid groups (broad SMARTS) is 1. The minimum Gasteiger partial charge on any atom is -0.497 e. The van der Waals surface area contributed by atoms with Gasteiger partial charge >= 0.3 is 5.97 Å².